The number of hydrogen-bond donors (Lipinski definition) is 2. The van der Waals surface area contributed by atoms with Gasteiger partial charge in [0.05, 0.1) is 35.1 Å². The van der Waals surface area contributed by atoms with Crippen molar-refractivity contribution in [2.24, 2.45) is 5.92 Å². The molecule has 0 saturated carbocycles. The highest BCUT2D eigenvalue weighted by Gasteiger charge is 2.45. The molecule has 0 bridgehead atoms. The van der Waals surface area contributed by atoms with E-state index in [1.54, 1.807) is 24.5 Å². The molecule has 6 amide bonds. The second-order valence-electron chi connectivity index (χ2n) is 17.2. The largest absolute Gasteiger partial charge is 0.369 e. The van der Waals surface area contributed by atoms with E-state index in [1.807, 2.05) is 47.4 Å². The maximum absolute atomic E-state index is 13.5. The fourth-order valence-electron chi connectivity index (χ4n) is 9.77. The van der Waals surface area contributed by atoms with Gasteiger partial charge in [-0.25, -0.2) is 14.6 Å². The average Bonchev–Trinajstić information content (AvgIpc) is 3.54. The first-order valence-corrected chi connectivity index (χ1v) is 21.7. The number of pyridine rings is 2. The van der Waals surface area contributed by atoms with E-state index in [1.165, 1.54) is 0 Å². The zero-order valence-electron chi connectivity index (χ0n) is 35.1. The van der Waals surface area contributed by atoms with Gasteiger partial charge in [0, 0.05) is 93.8 Å². The molecule has 4 aromatic rings. The van der Waals surface area contributed by atoms with E-state index < -0.39 is 29.7 Å². The fourth-order valence-corrected chi connectivity index (χ4v) is 9.77. The number of amides is 6. The topological polar surface area (TPSA) is 159 Å². The summed E-state index contributed by atoms with van der Waals surface area (Å²) in [6.07, 6.45) is 7.01. The lowest BCUT2D eigenvalue weighted by Crippen LogP contribution is -2.59. The van der Waals surface area contributed by atoms with Crippen LogP contribution in [0.1, 0.15) is 66.7 Å². The van der Waals surface area contributed by atoms with Crippen LogP contribution in [0.5, 0.6) is 0 Å². The molecule has 0 radical (unpaired) electrons. The van der Waals surface area contributed by atoms with Crippen LogP contribution in [-0.4, -0.2) is 131 Å². The molecule has 5 aliphatic rings. The number of hydrogen-bond acceptors (Lipinski definition) is 11. The number of rotatable bonds is 8. The highest BCUT2D eigenvalue weighted by molar-refractivity contribution is 6.23. The Hall–Kier alpha value is -6.60. The maximum Gasteiger partial charge on any atom is 0.322 e. The van der Waals surface area contributed by atoms with E-state index in [4.69, 9.17) is 11.6 Å². The molecule has 9 rings (SSSR count). The molecule has 16 nitrogen and oxygen atoms in total. The van der Waals surface area contributed by atoms with Gasteiger partial charge in [0.2, 0.25) is 17.5 Å². The molecule has 0 spiro atoms. The molecule has 3 atom stereocenters. The number of fused-ring (bicyclic) bond motifs is 2. The SMILES string of the molecule is [C-]#[N+]c1ccc(N2C[C@@H](C)N(C(=O)Nc3ccc(N4CCC(CCN5CCN(c6ccc7c(c6)C(=O)N(C6CCC(=O)NC6=O)C7=O)CC5)CC4)nc3)C[C@@H]2C)c2cccnc12. The molecule has 16 heteroatoms. The number of nitrogens with zero attached hydrogens (tertiary/aromatic N) is 9. The van der Waals surface area contributed by atoms with Crippen LogP contribution in [0, 0.1) is 12.5 Å². The molecule has 1 unspecified atom stereocenters. The minimum Gasteiger partial charge on any atom is -0.369 e. The molecular formula is C46H51N11O5. The molecule has 320 valence electrons. The molecular weight excluding hydrogens is 787 g/mol. The van der Waals surface area contributed by atoms with E-state index in [9.17, 15) is 24.0 Å². The smallest absolute Gasteiger partial charge is 0.322 e. The summed E-state index contributed by atoms with van der Waals surface area (Å²) in [6, 6.07) is 15.9. The van der Waals surface area contributed by atoms with Crippen LogP contribution in [0.4, 0.5) is 33.4 Å². The summed E-state index contributed by atoms with van der Waals surface area (Å²) in [4.78, 5) is 89.2. The van der Waals surface area contributed by atoms with Crippen molar-refractivity contribution in [2.45, 2.75) is 64.1 Å². The Morgan fingerprint density at radius 3 is 2.39 bits per heavy atom. The van der Waals surface area contributed by atoms with Gasteiger partial charge in [-0.05, 0) is 94.5 Å². The molecule has 5 aliphatic heterocycles. The number of aromatic nitrogens is 2. The Morgan fingerprint density at radius 2 is 1.65 bits per heavy atom. The van der Waals surface area contributed by atoms with Crippen molar-refractivity contribution < 1.29 is 24.0 Å². The zero-order valence-corrected chi connectivity index (χ0v) is 35.1. The highest BCUT2D eigenvalue weighted by Crippen LogP contribution is 2.36. The first-order valence-electron chi connectivity index (χ1n) is 21.7. The number of urea groups is 1. The third-order valence-electron chi connectivity index (χ3n) is 13.4. The molecule has 0 aliphatic carbocycles. The van der Waals surface area contributed by atoms with Crippen molar-refractivity contribution >= 4 is 69.1 Å². The van der Waals surface area contributed by atoms with Gasteiger partial charge < -0.3 is 24.9 Å². The lowest BCUT2D eigenvalue weighted by atomic mass is 9.93. The molecule has 4 fully saturated rings. The Labute approximate surface area is 360 Å². The zero-order chi connectivity index (χ0) is 43.1. The standard InChI is InChI=1S/C46H51N11O5/c1-29-28-56(30(2)27-55(29)38-10-9-37(47-3)42-35(38)5-4-17-48-42)46(62)50-32-6-12-40(49-26-32)54-19-15-31(16-20-54)14-18-52-21-23-53(24-22-52)33-7-8-34-36(25-33)45(61)57(44(34)60)39-11-13-41(58)51-43(39)59/h4-10,12,17,25-26,29-31,39H,11,13-16,18-24,27-28H2,1-2H3,(H,50,62)(H,51,58,59)/t29-,30+,39?/m0/s1. The van der Waals surface area contributed by atoms with Crippen LogP contribution in [0.3, 0.4) is 0 Å². The normalized spacial score (nSPS) is 22.5. The molecule has 62 heavy (non-hydrogen) atoms. The van der Waals surface area contributed by atoms with Crippen LogP contribution >= 0.6 is 0 Å². The fraction of sp³-hybridized carbons (Fsp3) is 0.435. The third kappa shape index (κ3) is 7.88. The molecule has 2 aromatic heterocycles. The number of anilines is 4. The third-order valence-corrected chi connectivity index (χ3v) is 13.4. The lowest BCUT2D eigenvalue weighted by Gasteiger charge is -2.45. The lowest BCUT2D eigenvalue weighted by molar-refractivity contribution is -0.136. The predicted octanol–water partition coefficient (Wildman–Crippen LogP) is 5.14. The summed E-state index contributed by atoms with van der Waals surface area (Å²) in [5.74, 6) is -0.415. The van der Waals surface area contributed by atoms with Crippen molar-refractivity contribution in [3.63, 3.8) is 0 Å². The summed E-state index contributed by atoms with van der Waals surface area (Å²) in [5, 5.41) is 6.27. The van der Waals surface area contributed by atoms with Crippen LogP contribution in [0.25, 0.3) is 15.7 Å². The first kappa shape index (κ1) is 40.8. The number of benzene rings is 2. The van der Waals surface area contributed by atoms with E-state index in [-0.39, 0.29) is 31.0 Å². The predicted molar refractivity (Wildman–Crippen MR) is 236 cm³/mol. The van der Waals surface area contributed by atoms with Crippen LogP contribution in [0.15, 0.2) is 67.0 Å². The van der Waals surface area contributed by atoms with Crippen LogP contribution < -0.4 is 25.3 Å². The minimum atomic E-state index is -0.971. The Balaban J connectivity index is 0.710. The molecule has 2 aromatic carbocycles. The van der Waals surface area contributed by atoms with Crippen LogP contribution in [0.2, 0.25) is 0 Å². The number of piperazine rings is 2. The Morgan fingerprint density at radius 1 is 0.855 bits per heavy atom. The maximum atomic E-state index is 13.5. The van der Waals surface area contributed by atoms with Crippen molar-refractivity contribution in [1.82, 2.24) is 30.0 Å². The van der Waals surface area contributed by atoms with Crippen molar-refractivity contribution in [3.05, 3.63) is 89.5 Å². The van der Waals surface area contributed by atoms with Crippen molar-refractivity contribution in [1.29, 1.82) is 0 Å². The second-order valence-corrected chi connectivity index (χ2v) is 17.2. The Bertz CT molecular complexity index is 2460. The van der Waals surface area contributed by atoms with E-state index in [0.717, 1.165) is 92.6 Å². The van der Waals surface area contributed by atoms with Gasteiger partial charge in [0.1, 0.15) is 11.9 Å². The molecule has 2 N–H and O–H groups in total. The minimum absolute atomic E-state index is 0.0443. The number of carbonyl (C=O) groups is 5. The number of piperidine rings is 2. The molecule has 7 heterocycles. The monoisotopic (exact) mass is 837 g/mol. The number of imide groups is 2. The van der Waals surface area contributed by atoms with Gasteiger partial charge in [-0.2, -0.15) is 0 Å². The van der Waals surface area contributed by atoms with Gasteiger partial charge in [-0.3, -0.25) is 39.3 Å². The van der Waals surface area contributed by atoms with Crippen LogP contribution in [-0.2, 0) is 9.59 Å². The van der Waals surface area contributed by atoms with Crippen molar-refractivity contribution in [2.75, 3.05) is 78.9 Å². The summed E-state index contributed by atoms with van der Waals surface area (Å²) in [7, 11) is 0. The Kier molecular flexibility index (Phi) is 11.2. The highest BCUT2D eigenvalue weighted by atomic mass is 16.2. The summed E-state index contributed by atoms with van der Waals surface area (Å²) in [5.41, 5.74) is 4.42. The van der Waals surface area contributed by atoms with E-state index >= 15 is 0 Å². The quantitative estimate of drug-likeness (QED) is 0.179. The molecule has 4 saturated heterocycles. The summed E-state index contributed by atoms with van der Waals surface area (Å²) in [6.45, 7) is 19.3. The van der Waals surface area contributed by atoms with Gasteiger partial charge in [0.25, 0.3) is 11.8 Å². The van der Waals surface area contributed by atoms with Gasteiger partial charge in [0.15, 0.2) is 0 Å². The first-order chi connectivity index (χ1) is 30.1. The number of carbonyl (C=O) groups excluding carboxylic acids is 5. The van der Waals surface area contributed by atoms with Gasteiger partial charge in [-0.15, -0.1) is 0 Å². The van der Waals surface area contributed by atoms with E-state index in [0.29, 0.717) is 47.0 Å². The summed E-state index contributed by atoms with van der Waals surface area (Å²) >= 11 is 0. The summed E-state index contributed by atoms with van der Waals surface area (Å²) < 4.78 is 0. The second kappa shape index (κ2) is 17.0. The van der Waals surface area contributed by atoms with Crippen molar-refractivity contribution in [3.8, 4) is 0 Å². The van der Waals surface area contributed by atoms with Gasteiger partial charge in [-0.1, -0.05) is 12.1 Å². The number of nitrogens with one attached hydrogen (secondary N) is 2. The average molecular weight is 838 g/mol. The van der Waals surface area contributed by atoms with Gasteiger partial charge >= 0.3 is 6.03 Å². The van der Waals surface area contributed by atoms with E-state index in [2.05, 4.69) is 53.9 Å².